The van der Waals surface area contributed by atoms with Crippen molar-refractivity contribution in [3.63, 3.8) is 0 Å². The quantitative estimate of drug-likeness (QED) is 0.637. The van der Waals surface area contributed by atoms with Crippen LogP contribution in [0.25, 0.3) is 0 Å². The maximum absolute atomic E-state index is 11.9. The van der Waals surface area contributed by atoms with E-state index in [9.17, 15) is 9.90 Å². The third kappa shape index (κ3) is 5.00. The zero-order valence-electron chi connectivity index (χ0n) is 16.5. The first kappa shape index (κ1) is 20.6. The number of likely N-dealkylation sites (tertiary alicyclic amines) is 1. The van der Waals surface area contributed by atoms with Crippen LogP contribution in [0.3, 0.4) is 0 Å². The van der Waals surface area contributed by atoms with Crippen LogP contribution in [0.5, 0.6) is 0 Å². The molecule has 0 amide bonds. The lowest BCUT2D eigenvalue weighted by Crippen LogP contribution is -2.44. The van der Waals surface area contributed by atoms with Crippen molar-refractivity contribution < 1.29 is 15.0 Å². The van der Waals surface area contributed by atoms with Crippen molar-refractivity contribution >= 4 is 5.97 Å². The fourth-order valence-corrected chi connectivity index (χ4v) is 4.39. The fourth-order valence-electron chi connectivity index (χ4n) is 4.39. The zero-order chi connectivity index (χ0) is 19.8. The molecule has 4 nitrogen and oxygen atoms in total. The highest BCUT2D eigenvalue weighted by atomic mass is 16.4. The summed E-state index contributed by atoms with van der Waals surface area (Å²) in [6.07, 6.45) is 4.94. The van der Waals surface area contributed by atoms with E-state index in [2.05, 4.69) is 4.90 Å². The van der Waals surface area contributed by atoms with Gasteiger partial charge in [0.25, 0.3) is 0 Å². The second-order valence-electron chi connectivity index (χ2n) is 7.82. The van der Waals surface area contributed by atoms with E-state index in [1.165, 1.54) is 0 Å². The van der Waals surface area contributed by atoms with Crippen LogP contribution in [-0.4, -0.2) is 40.7 Å². The van der Waals surface area contributed by atoms with Crippen molar-refractivity contribution in [2.75, 3.05) is 19.6 Å². The molecule has 0 aliphatic carbocycles. The zero-order valence-corrected chi connectivity index (χ0v) is 16.5. The third-order valence-electron chi connectivity index (χ3n) is 5.97. The molecular formula is C24H31NO3. The van der Waals surface area contributed by atoms with Crippen molar-refractivity contribution in [2.45, 2.75) is 44.1 Å². The molecule has 0 aromatic heterocycles. The summed E-state index contributed by atoms with van der Waals surface area (Å²) in [5.74, 6) is -0.525. The third-order valence-corrected chi connectivity index (χ3v) is 5.97. The minimum absolute atomic E-state index is 0.181. The van der Waals surface area contributed by atoms with E-state index in [1.807, 2.05) is 60.7 Å². The largest absolute Gasteiger partial charge is 0.481 e. The summed E-state index contributed by atoms with van der Waals surface area (Å²) < 4.78 is 0. The first-order valence-electron chi connectivity index (χ1n) is 10.4. The molecular weight excluding hydrogens is 350 g/mol. The highest BCUT2D eigenvalue weighted by Gasteiger charge is 2.41. The lowest BCUT2D eigenvalue weighted by Gasteiger charge is -2.42. The highest BCUT2D eigenvalue weighted by Crippen LogP contribution is 2.41. The average Bonchev–Trinajstić information content (AvgIpc) is 2.74. The van der Waals surface area contributed by atoms with Gasteiger partial charge in [0.15, 0.2) is 0 Å². The number of carbonyl (C=O) groups is 1. The maximum atomic E-state index is 11.9. The van der Waals surface area contributed by atoms with Gasteiger partial charge in [-0.1, -0.05) is 67.1 Å². The number of carboxylic acids is 1. The number of unbranched alkanes of at least 4 members (excludes halogenated alkanes) is 2. The molecule has 4 heteroatoms. The number of piperidine rings is 1. The highest BCUT2D eigenvalue weighted by molar-refractivity contribution is 5.66. The Morgan fingerprint density at radius 3 is 1.93 bits per heavy atom. The number of hydrogen-bond acceptors (Lipinski definition) is 3. The molecule has 1 saturated heterocycles. The number of benzene rings is 2. The molecule has 2 aromatic rings. The van der Waals surface area contributed by atoms with Crippen LogP contribution in [0.4, 0.5) is 0 Å². The topological polar surface area (TPSA) is 60.8 Å². The van der Waals surface area contributed by atoms with Crippen molar-refractivity contribution in [1.29, 1.82) is 0 Å². The molecule has 0 saturated carbocycles. The predicted molar refractivity (Wildman–Crippen MR) is 111 cm³/mol. The first-order chi connectivity index (χ1) is 13.6. The van der Waals surface area contributed by atoms with E-state index in [1.54, 1.807) is 0 Å². The van der Waals surface area contributed by atoms with E-state index < -0.39 is 11.6 Å². The summed E-state index contributed by atoms with van der Waals surface area (Å²) in [5, 5.41) is 20.6. The summed E-state index contributed by atoms with van der Waals surface area (Å²) in [7, 11) is 0. The van der Waals surface area contributed by atoms with Gasteiger partial charge in [0.2, 0.25) is 0 Å². The number of nitrogens with zero attached hydrogens (tertiary/aromatic N) is 1. The normalized spacial score (nSPS) is 16.2. The molecule has 3 rings (SSSR count). The molecule has 1 fully saturated rings. The molecule has 2 aromatic carbocycles. The smallest absolute Gasteiger partial charge is 0.303 e. The van der Waals surface area contributed by atoms with Crippen molar-refractivity contribution in [2.24, 2.45) is 5.92 Å². The monoisotopic (exact) mass is 381 g/mol. The van der Waals surface area contributed by atoms with Crippen LogP contribution in [0, 0.1) is 5.92 Å². The average molecular weight is 382 g/mol. The Morgan fingerprint density at radius 2 is 1.43 bits per heavy atom. The number of aliphatic hydroxyl groups is 1. The summed E-state index contributed by atoms with van der Waals surface area (Å²) in [6, 6.07) is 20.1. The lowest BCUT2D eigenvalue weighted by molar-refractivity contribution is -0.137. The van der Waals surface area contributed by atoms with Gasteiger partial charge >= 0.3 is 5.97 Å². The Labute approximate surface area is 167 Å². The number of rotatable bonds is 9. The van der Waals surface area contributed by atoms with Gasteiger partial charge in [-0.3, -0.25) is 4.79 Å². The Kier molecular flexibility index (Phi) is 7.24. The molecule has 28 heavy (non-hydrogen) atoms. The second-order valence-corrected chi connectivity index (χ2v) is 7.82. The Balaban J connectivity index is 1.62. The Morgan fingerprint density at radius 1 is 0.893 bits per heavy atom. The molecule has 150 valence electrons. The second kappa shape index (κ2) is 9.85. The molecule has 0 bridgehead atoms. The van der Waals surface area contributed by atoms with Crippen molar-refractivity contribution in [1.82, 2.24) is 4.90 Å². The van der Waals surface area contributed by atoms with Crippen LogP contribution < -0.4 is 0 Å². The first-order valence-corrected chi connectivity index (χ1v) is 10.4. The van der Waals surface area contributed by atoms with Gasteiger partial charge in [0.1, 0.15) is 5.60 Å². The van der Waals surface area contributed by atoms with E-state index in [0.29, 0.717) is 0 Å². The van der Waals surface area contributed by atoms with Gasteiger partial charge in [-0.15, -0.1) is 0 Å². The van der Waals surface area contributed by atoms with Gasteiger partial charge in [-0.2, -0.15) is 0 Å². The maximum Gasteiger partial charge on any atom is 0.303 e. The molecule has 1 aliphatic rings. The summed E-state index contributed by atoms with van der Waals surface area (Å²) in [4.78, 5) is 13.0. The van der Waals surface area contributed by atoms with Crippen LogP contribution in [0.2, 0.25) is 0 Å². The molecule has 0 atom stereocenters. The van der Waals surface area contributed by atoms with Gasteiger partial charge in [-0.05, 0) is 62.4 Å². The SMILES string of the molecule is O=C(O)CCCCCN1CCC(C(O)(c2ccccc2)c2ccccc2)CC1. The summed E-state index contributed by atoms with van der Waals surface area (Å²) >= 11 is 0. The molecule has 1 heterocycles. The van der Waals surface area contributed by atoms with E-state index >= 15 is 0 Å². The van der Waals surface area contributed by atoms with Gasteiger partial charge < -0.3 is 15.1 Å². The summed E-state index contributed by atoms with van der Waals surface area (Å²) in [6.45, 7) is 2.97. The number of hydrogen-bond donors (Lipinski definition) is 2. The predicted octanol–water partition coefficient (Wildman–Crippen LogP) is 4.28. The van der Waals surface area contributed by atoms with Crippen molar-refractivity contribution in [3.8, 4) is 0 Å². The minimum Gasteiger partial charge on any atom is -0.481 e. The number of carboxylic acid groups (broad SMARTS) is 1. The van der Waals surface area contributed by atoms with E-state index in [0.717, 1.165) is 62.9 Å². The van der Waals surface area contributed by atoms with E-state index in [4.69, 9.17) is 5.11 Å². The summed E-state index contributed by atoms with van der Waals surface area (Å²) in [5.41, 5.74) is 0.970. The Bertz CT molecular complexity index is 685. The van der Waals surface area contributed by atoms with Gasteiger partial charge in [0.05, 0.1) is 0 Å². The van der Waals surface area contributed by atoms with Crippen LogP contribution in [0.15, 0.2) is 60.7 Å². The fraction of sp³-hybridized carbons (Fsp3) is 0.458. The van der Waals surface area contributed by atoms with Gasteiger partial charge in [-0.25, -0.2) is 0 Å². The Hall–Kier alpha value is -2.17. The number of aliphatic carboxylic acids is 1. The molecule has 2 N–H and O–H groups in total. The van der Waals surface area contributed by atoms with Crippen LogP contribution in [-0.2, 0) is 10.4 Å². The van der Waals surface area contributed by atoms with Crippen molar-refractivity contribution in [3.05, 3.63) is 71.8 Å². The van der Waals surface area contributed by atoms with Crippen LogP contribution >= 0.6 is 0 Å². The molecule has 1 aliphatic heterocycles. The molecule has 0 spiro atoms. The minimum atomic E-state index is -0.962. The lowest BCUT2D eigenvalue weighted by atomic mass is 9.72. The molecule has 0 unspecified atom stereocenters. The van der Waals surface area contributed by atoms with Gasteiger partial charge in [0, 0.05) is 6.42 Å². The standard InChI is InChI=1S/C24H31NO3/c26-23(27)14-8-3-9-17-25-18-15-22(16-19-25)24(28,20-10-4-1-5-11-20)21-12-6-2-7-13-21/h1-2,4-7,10-13,22,28H,3,8-9,14-19H2,(H,26,27). The van der Waals surface area contributed by atoms with E-state index in [-0.39, 0.29) is 12.3 Å². The molecule has 0 radical (unpaired) electrons. The van der Waals surface area contributed by atoms with Crippen LogP contribution in [0.1, 0.15) is 49.7 Å².